The number of esters is 1. The van der Waals surface area contributed by atoms with Gasteiger partial charge in [-0.1, -0.05) is 194 Å². The Morgan fingerprint density at radius 2 is 1.23 bits per heavy atom. The highest BCUT2D eigenvalue weighted by Gasteiger charge is 2.18. The van der Waals surface area contributed by atoms with Crippen molar-refractivity contribution in [1.29, 1.82) is 0 Å². The van der Waals surface area contributed by atoms with Gasteiger partial charge in [0, 0.05) is 13.0 Å². The number of unbranched alkanes of at least 4 members (excludes halogenated alkanes) is 17. The Kier molecular flexibility index (Phi) is 34.9. The van der Waals surface area contributed by atoms with Crippen molar-refractivity contribution in [3.05, 3.63) is 23.8 Å². The van der Waals surface area contributed by atoms with Crippen LogP contribution < -0.4 is 0 Å². The normalized spacial score (nSPS) is 14.4. The van der Waals surface area contributed by atoms with Gasteiger partial charge in [-0.05, 0) is 95.6 Å². The fourth-order valence-electron chi connectivity index (χ4n) is 8.22. The van der Waals surface area contributed by atoms with E-state index in [-0.39, 0.29) is 5.97 Å². The van der Waals surface area contributed by atoms with E-state index in [2.05, 4.69) is 85.7 Å². The van der Waals surface area contributed by atoms with Gasteiger partial charge in [-0.2, -0.15) is 0 Å². The summed E-state index contributed by atoms with van der Waals surface area (Å²) in [4.78, 5) is 14.7. The molecule has 3 unspecified atom stereocenters. The van der Waals surface area contributed by atoms with Crippen LogP contribution in [-0.4, -0.2) is 38.1 Å². The lowest BCUT2D eigenvalue weighted by Gasteiger charge is -2.27. The van der Waals surface area contributed by atoms with E-state index in [0.717, 1.165) is 37.5 Å². The average Bonchev–Trinajstić information content (AvgIpc) is 3.08. The van der Waals surface area contributed by atoms with Crippen LogP contribution in [0, 0.1) is 23.2 Å². The third-order valence-corrected chi connectivity index (χ3v) is 11.4. The molecule has 0 saturated carbocycles. The molecule has 308 valence electrons. The molecule has 0 aromatic carbocycles. The molecule has 0 aromatic heterocycles. The third-order valence-electron chi connectivity index (χ3n) is 11.4. The highest BCUT2D eigenvalue weighted by Crippen LogP contribution is 2.31. The third kappa shape index (κ3) is 33.5. The molecule has 0 saturated heterocycles. The molecular formula is C49H95NO2. The smallest absolute Gasteiger partial charge is 0.305 e. The molecular weight excluding hydrogens is 635 g/mol. The zero-order valence-electron chi connectivity index (χ0n) is 37.1. The van der Waals surface area contributed by atoms with E-state index < -0.39 is 0 Å². The molecule has 3 nitrogen and oxygen atoms in total. The maximum atomic E-state index is 12.3. The van der Waals surface area contributed by atoms with Crippen LogP contribution in [0.1, 0.15) is 235 Å². The van der Waals surface area contributed by atoms with Crippen molar-refractivity contribution in [3.8, 4) is 0 Å². The van der Waals surface area contributed by atoms with E-state index in [1.165, 1.54) is 161 Å². The summed E-state index contributed by atoms with van der Waals surface area (Å²) in [6.45, 7) is 18.3. The predicted molar refractivity (Wildman–Crippen MR) is 233 cm³/mol. The van der Waals surface area contributed by atoms with Crippen LogP contribution in [0.15, 0.2) is 23.8 Å². The number of carbonyl (C=O) groups excluding carboxylic acids is 1. The Morgan fingerprint density at radius 3 is 1.83 bits per heavy atom. The molecule has 0 amide bonds. The summed E-state index contributed by atoms with van der Waals surface area (Å²) >= 11 is 0. The number of allylic oxidation sites excluding steroid dienone is 4. The minimum atomic E-state index is 0.00779. The van der Waals surface area contributed by atoms with Gasteiger partial charge in [0.05, 0.1) is 6.61 Å². The van der Waals surface area contributed by atoms with Gasteiger partial charge in [0.2, 0.25) is 0 Å². The molecule has 0 aromatic rings. The molecule has 52 heavy (non-hydrogen) atoms. The molecule has 3 atom stereocenters. The molecule has 0 aliphatic heterocycles. The minimum absolute atomic E-state index is 0.00779. The van der Waals surface area contributed by atoms with Crippen molar-refractivity contribution >= 4 is 5.97 Å². The molecule has 0 heterocycles. The molecule has 3 heteroatoms. The summed E-state index contributed by atoms with van der Waals surface area (Å²) in [6.07, 6.45) is 44.2. The summed E-state index contributed by atoms with van der Waals surface area (Å²) < 4.78 is 5.63. The number of hydrogen-bond donors (Lipinski definition) is 0. The fraction of sp³-hybridized carbons (Fsp3) is 0.898. The maximum Gasteiger partial charge on any atom is 0.305 e. The first-order chi connectivity index (χ1) is 25.0. The van der Waals surface area contributed by atoms with Crippen LogP contribution in [0.5, 0.6) is 0 Å². The first-order valence-corrected chi connectivity index (χ1v) is 23.2. The Morgan fingerprint density at radius 1 is 0.673 bits per heavy atom. The summed E-state index contributed by atoms with van der Waals surface area (Å²) in [7, 11) is 4.46. The quantitative estimate of drug-likeness (QED) is 0.0360. The molecule has 0 bridgehead atoms. The molecule has 0 spiro atoms. The maximum absolute atomic E-state index is 12.3. The summed E-state index contributed by atoms with van der Waals surface area (Å²) in [6, 6.07) is 0. The first-order valence-electron chi connectivity index (χ1n) is 23.2. The first kappa shape index (κ1) is 50.9. The topological polar surface area (TPSA) is 29.5 Å². The van der Waals surface area contributed by atoms with Gasteiger partial charge in [-0.15, -0.1) is 0 Å². The van der Waals surface area contributed by atoms with Gasteiger partial charge in [0.1, 0.15) is 0 Å². The van der Waals surface area contributed by atoms with Crippen LogP contribution in [0.3, 0.4) is 0 Å². The zero-order chi connectivity index (χ0) is 38.7. The van der Waals surface area contributed by atoms with E-state index in [1.807, 2.05) is 0 Å². The van der Waals surface area contributed by atoms with E-state index in [9.17, 15) is 4.79 Å². The number of ether oxygens (including phenoxy) is 1. The largest absolute Gasteiger partial charge is 0.466 e. The minimum Gasteiger partial charge on any atom is -0.466 e. The van der Waals surface area contributed by atoms with Crippen LogP contribution in [0.4, 0.5) is 0 Å². The van der Waals surface area contributed by atoms with E-state index in [1.54, 1.807) is 5.57 Å². The van der Waals surface area contributed by atoms with Crippen molar-refractivity contribution in [2.75, 3.05) is 27.2 Å². The van der Waals surface area contributed by atoms with Gasteiger partial charge < -0.3 is 9.64 Å². The van der Waals surface area contributed by atoms with E-state index in [0.29, 0.717) is 24.4 Å². The van der Waals surface area contributed by atoms with Crippen LogP contribution >= 0.6 is 0 Å². The predicted octanol–water partition coefficient (Wildman–Crippen LogP) is 15.9. The lowest BCUT2D eigenvalue weighted by atomic mass is 9.81. The molecule has 0 aliphatic rings. The standard InChI is InChI=1S/C49H95NO2/c1-10-13-26-34-46(35-27-14-11-2)39-41-52-48(51)38-31-25-21-20-24-30-37-47(45(5)43-50(8)9)36-29-23-19-17-16-18-22-28-33-44(4)42-49(6,7)40-32-15-12-3/h26,33-34,45-47H,10-25,27-32,35-43H2,1-9H3/b34-26+,44-33+. The lowest BCUT2D eigenvalue weighted by molar-refractivity contribution is -0.144. The Bertz CT molecular complexity index is 842. The molecule has 0 aliphatic carbocycles. The lowest BCUT2D eigenvalue weighted by Crippen LogP contribution is -2.25. The van der Waals surface area contributed by atoms with Crippen LogP contribution in [0.25, 0.3) is 0 Å². The highest BCUT2D eigenvalue weighted by atomic mass is 16.5. The average molecular weight is 730 g/mol. The molecule has 0 fully saturated rings. The summed E-state index contributed by atoms with van der Waals surface area (Å²) in [5, 5.41) is 0. The molecule has 0 rings (SSSR count). The Balaban J connectivity index is 4.11. The second-order valence-electron chi connectivity index (χ2n) is 18.0. The van der Waals surface area contributed by atoms with Crippen molar-refractivity contribution in [3.63, 3.8) is 0 Å². The van der Waals surface area contributed by atoms with Crippen LogP contribution in [0.2, 0.25) is 0 Å². The Labute approximate surface area is 328 Å². The van der Waals surface area contributed by atoms with E-state index >= 15 is 0 Å². The summed E-state index contributed by atoms with van der Waals surface area (Å²) in [5.74, 6) is 2.20. The number of hydrogen-bond acceptors (Lipinski definition) is 3. The van der Waals surface area contributed by atoms with Crippen molar-refractivity contribution in [2.45, 2.75) is 235 Å². The molecule has 0 radical (unpaired) electrons. The monoisotopic (exact) mass is 730 g/mol. The van der Waals surface area contributed by atoms with E-state index in [4.69, 9.17) is 4.74 Å². The SMILES string of the molecule is CCC/C=C/C(CCCCC)CCOC(=O)CCCCCCCCC(CCCCCCCCC/C=C(\C)CC(C)(C)CCCCC)C(C)CN(C)C. The van der Waals surface area contributed by atoms with Gasteiger partial charge in [0.15, 0.2) is 0 Å². The van der Waals surface area contributed by atoms with Crippen molar-refractivity contribution < 1.29 is 9.53 Å². The molecule has 0 N–H and O–H groups in total. The van der Waals surface area contributed by atoms with Gasteiger partial charge in [0.25, 0.3) is 0 Å². The number of carbonyl (C=O) groups is 1. The van der Waals surface area contributed by atoms with Gasteiger partial charge >= 0.3 is 5.97 Å². The number of rotatable bonds is 38. The zero-order valence-corrected chi connectivity index (χ0v) is 37.1. The summed E-state index contributed by atoms with van der Waals surface area (Å²) in [5.41, 5.74) is 2.07. The van der Waals surface area contributed by atoms with Crippen LogP contribution in [-0.2, 0) is 9.53 Å². The Hall–Kier alpha value is -1.09. The second-order valence-corrected chi connectivity index (χ2v) is 18.0. The highest BCUT2D eigenvalue weighted by molar-refractivity contribution is 5.69. The van der Waals surface area contributed by atoms with Gasteiger partial charge in [-0.3, -0.25) is 4.79 Å². The van der Waals surface area contributed by atoms with Crippen molar-refractivity contribution in [1.82, 2.24) is 4.90 Å². The fourth-order valence-corrected chi connectivity index (χ4v) is 8.22. The number of nitrogens with zero attached hydrogens (tertiary/aromatic N) is 1. The second kappa shape index (κ2) is 35.6. The van der Waals surface area contributed by atoms with Crippen molar-refractivity contribution in [2.24, 2.45) is 23.2 Å². The van der Waals surface area contributed by atoms with Gasteiger partial charge in [-0.25, -0.2) is 0 Å².